The van der Waals surface area contributed by atoms with Crippen LogP contribution in [0.1, 0.15) is 37.7 Å². The molecule has 0 amide bonds. The molecule has 0 aliphatic heterocycles. The highest BCUT2D eigenvalue weighted by molar-refractivity contribution is 7.90. The number of benzene rings is 1. The van der Waals surface area contributed by atoms with Gasteiger partial charge in [0.25, 0.3) is 0 Å². The molecule has 1 aromatic carbocycles. The SMILES string of the molecule is O=S(=O)(Cc1cccc(OC(F)F)c1)CC1(O)CCCCC1. The molecule has 0 aromatic heterocycles. The van der Waals surface area contributed by atoms with E-state index in [-0.39, 0.29) is 17.3 Å². The van der Waals surface area contributed by atoms with Gasteiger partial charge in [0.2, 0.25) is 0 Å². The van der Waals surface area contributed by atoms with E-state index >= 15 is 0 Å². The molecular formula is C15H20F2O4S. The van der Waals surface area contributed by atoms with Crippen molar-refractivity contribution in [2.75, 3.05) is 5.75 Å². The largest absolute Gasteiger partial charge is 0.435 e. The summed E-state index contributed by atoms with van der Waals surface area (Å²) < 4.78 is 53.1. The summed E-state index contributed by atoms with van der Waals surface area (Å²) >= 11 is 0. The number of rotatable bonds is 6. The van der Waals surface area contributed by atoms with Crippen LogP contribution < -0.4 is 4.74 Å². The fourth-order valence-electron chi connectivity index (χ4n) is 2.88. The number of hydrogen-bond acceptors (Lipinski definition) is 4. The van der Waals surface area contributed by atoms with Crippen LogP contribution in [0.4, 0.5) is 8.78 Å². The maximum atomic E-state index is 12.3. The number of hydrogen-bond donors (Lipinski definition) is 1. The van der Waals surface area contributed by atoms with Gasteiger partial charge in [0, 0.05) is 0 Å². The van der Waals surface area contributed by atoms with Crippen molar-refractivity contribution in [2.45, 2.75) is 50.1 Å². The maximum absolute atomic E-state index is 12.3. The Morgan fingerprint density at radius 3 is 2.55 bits per heavy atom. The monoisotopic (exact) mass is 334 g/mol. The van der Waals surface area contributed by atoms with E-state index in [9.17, 15) is 22.3 Å². The molecule has 1 fully saturated rings. The summed E-state index contributed by atoms with van der Waals surface area (Å²) in [5, 5.41) is 10.4. The second-order valence-electron chi connectivity index (χ2n) is 5.84. The molecule has 124 valence electrons. The van der Waals surface area contributed by atoms with E-state index in [0.717, 1.165) is 19.3 Å². The van der Waals surface area contributed by atoms with Gasteiger partial charge < -0.3 is 9.84 Å². The van der Waals surface area contributed by atoms with Gasteiger partial charge in [-0.25, -0.2) is 8.42 Å². The van der Waals surface area contributed by atoms with Crippen molar-refractivity contribution >= 4 is 9.84 Å². The predicted octanol–water partition coefficient (Wildman–Crippen LogP) is 2.90. The number of halogens is 2. The molecule has 1 aliphatic rings. The van der Waals surface area contributed by atoms with E-state index in [1.807, 2.05) is 0 Å². The average Bonchev–Trinajstić information content (AvgIpc) is 2.36. The van der Waals surface area contributed by atoms with Crippen molar-refractivity contribution in [3.8, 4) is 5.75 Å². The molecule has 1 aliphatic carbocycles. The standard InChI is InChI=1S/C15H20F2O4S/c16-14(17)21-13-6-4-5-12(9-13)10-22(19,20)11-15(18)7-2-1-3-8-15/h4-6,9,14,18H,1-3,7-8,10-11H2. The summed E-state index contributed by atoms with van der Waals surface area (Å²) in [6, 6.07) is 5.64. The van der Waals surface area contributed by atoms with E-state index in [1.54, 1.807) is 6.07 Å². The van der Waals surface area contributed by atoms with Crippen LogP contribution in [0.15, 0.2) is 24.3 Å². The molecular weight excluding hydrogens is 314 g/mol. The zero-order chi connectivity index (χ0) is 16.2. The normalized spacial score (nSPS) is 18.4. The third-order valence-corrected chi connectivity index (χ3v) is 5.53. The Balaban J connectivity index is 2.05. The van der Waals surface area contributed by atoms with Gasteiger partial charge in [0.15, 0.2) is 9.84 Å². The number of ether oxygens (including phenoxy) is 1. The molecule has 0 spiro atoms. The molecule has 0 bridgehead atoms. The molecule has 0 atom stereocenters. The summed E-state index contributed by atoms with van der Waals surface area (Å²) in [5.74, 6) is -0.658. The molecule has 0 saturated heterocycles. The zero-order valence-corrected chi connectivity index (χ0v) is 13.0. The molecule has 4 nitrogen and oxygen atoms in total. The van der Waals surface area contributed by atoms with E-state index in [4.69, 9.17) is 0 Å². The van der Waals surface area contributed by atoms with Crippen LogP contribution in [0, 0.1) is 0 Å². The van der Waals surface area contributed by atoms with Gasteiger partial charge in [-0.2, -0.15) is 8.78 Å². The number of aliphatic hydroxyl groups is 1. The first-order valence-electron chi connectivity index (χ1n) is 7.25. The summed E-state index contributed by atoms with van der Waals surface area (Å²) in [7, 11) is -3.53. The quantitative estimate of drug-likeness (QED) is 0.869. The van der Waals surface area contributed by atoms with Crippen LogP contribution in [-0.2, 0) is 15.6 Å². The van der Waals surface area contributed by atoms with E-state index in [0.29, 0.717) is 18.4 Å². The molecule has 1 aromatic rings. The Labute approximate surface area is 129 Å². The third-order valence-electron chi connectivity index (χ3n) is 3.78. The smallest absolute Gasteiger partial charge is 0.387 e. The van der Waals surface area contributed by atoms with Gasteiger partial charge in [-0.15, -0.1) is 0 Å². The van der Waals surface area contributed by atoms with Gasteiger partial charge in [-0.05, 0) is 30.5 Å². The number of alkyl halides is 2. The Kier molecular flexibility index (Phi) is 5.39. The Morgan fingerprint density at radius 2 is 1.91 bits per heavy atom. The van der Waals surface area contributed by atoms with Crippen LogP contribution in [0.25, 0.3) is 0 Å². The van der Waals surface area contributed by atoms with Crippen LogP contribution in [-0.4, -0.2) is 31.5 Å². The minimum atomic E-state index is -3.53. The minimum Gasteiger partial charge on any atom is -0.435 e. The molecule has 7 heteroatoms. The lowest BCUT2D eigenvalue weighted by molar-refractivity contribution is -0.0498. The lowest BCUT2D eigenvalue weighted by Crippen LogP contribution is -2.39. The highest BCUT2D eigenvalue weighted by atomic mass is 32.2. The van der Waals surface area contributed by atoms with Crippen LogP contribution >= 0.6 is 0 Å². The molecule has 1 saturated carbocycles. The summed E-state index contributed by atoms with van der Waals surface area (Å²) in [6.07, 6.45) is 3.63. The number of sulfone groups is 1. The summed E-state index contributed by atoms with van der Waals surface area (Å²) in [4.78, 5) is 0. The lowest BCUT2D eigenvalue weighted by atomic mass is 9.86. The molecule has 2 rings (SSSR count). The van der Waals surface area contributed by atoms with Crippen molar-refractivity contribution in [3.63, 3.8) is 0 Å². The summed E-state index contributed by atoms with van der Waals surface area (Å²) in [6.45, 7) is -2.95. The van der Waals surface area contributed by atoms with Crippen LogP contribution in [0.3, 0.4) is 0 Å². The highest BCUT2D eigenvalue weighted by Crippen LogP contribution is 2.30. The van der Waals surface area contributed by atoms with Gasteiger partial charge in [0.05, 0.1) is 17.1 Å². The molecule has 0 unspecified atom stereocenters. The average molecular weight is 334 g/mol. The molecule has 0 heterocycles. The fraction of sp³-hybridized carbons (Fsp3) is 0.600. The minimum absolute atomic E-state index is 0.0703. The molecule has 0 radical (unpaired) electrons. The fourth-order valence-corrected chi connectivity index (χ4v) is 4.78. The van der Waals surface area contributed by atoms with E-state index < -0.39 is 22.0 Å². The van der Waals surface area contributed by atoms with E-state index in [1.165, 1.54) is 18.2 Å². The predicted molar refractivity (Wildman–Crippen MR) is 78.6 cm³/mol. The second-order valence-corrected chi connectivity index (χ2v) is 7.91. The van der Waals surface area contributed by atoms with Crippen LogP contribution in [0.5, 0.6) is 5.75 Å². The van der Waals surface area contributed by atoms with Crippen molar-refractivity contribution in [2.24, 2.45) is 0 Å². The molecule has 22 heavy (non-hydrogen) atoms. The topological polar surface area (TPSA) is 63.6 Å². The Bertz CT molecular complexity index is 595. The maximum Gasteiger partial charge on any atom is 0.387 e. The van der Waals surface area contributed by atoms with Crippen LogP contribution in [0.2, 0.25) is 0 Å². The van der Waals surface area contributed by atoms with Gasteiger partial charge in [0.1, 0.15) is 5.75 Å². The van der Waals surface area contributed by atoms with Gasteiger partial charge in [-0.1, -0.05) is 31.4 Å². The van der Waals surface area contributed by atoms with Gasteiger partial charge in [-0.3, -0.25) is 0 Å². The van der Waals surface area contributed by atoms with Gasteiger partial charge >= 0.3 is 6.61 Å². The van der Waals surface area contributed by atoms with Crippen molar-refractivity contribution in [1.82, 2.24) is 0 Å². The lowest BCUT2D eigenvalue weighted by Gasteiger charge is -2.31. The first-order valence-corrected chi connectivity index (χ1v) is 9.07. The van der Waals surface area contributed by atoms with E-state index in [2.05, 4.69) is 4.74 Å². The first kappa shape index (κ1) is 17.1. The summed E-state index contributed by atoms with van der Waals surface area (Å²) in [5.41, 5.74) is -0.786. The van der Waals surface area contributed by atoms with Crippen molar-refractivity contribution in [3.05, 3.63) is 29.8 Å². The first-order chi connectivity index (χ1) is 10.3. The third kappa shape index (κ3) is 5.21. The van der Waals surface area contributed by atoms with Crippen molar-refractivity contribution in [1.29, 1.82) is 0 Å². The van der Waals surface area contributed by atoms with Crippen molar-refractivity contribution < 1.29 is 27.0 Å². The Hall–Kier alpha value is -1.21. The highest BCUT2D eigenvalue weighted by Gasteiger charge is 2.34. The second kappa shape index (κ2) is 6.91. The molecule has 1 N–H and O–H groups in total. The zero-order valence-electron chi connectivity index (χ0n) is 12.2. The Morgan fingerprint density at radius 1 is 1.23 bits per heavy atom.